The minimum absolute atomic E-state index is 0. The Morgan fingerprint density at radius 1 is 0.758 bits per heavy atom. The fraction of sp³-hybridized carbons (Fsp3) is 1.00. The Kier molecular flexibility index (Phi) is 17.9. The van der Waals surface area contributed by atoms with Gasteiger partial charge < -0.3 is 88.8 Å². The fourth-order valence-corrected chi connectivity index (χ4v) is 14.3. The normalized spacial score (nSPS) is 50.3. The van der Waals surface area contributed by atoms with E-state index in [1.54, 1.807) is 0 Å². The van der Waals surface area contributed by atoms with E-state index in [4.69, 9.17) is 37.3 Å². The molecule has 3 heterocycles. The molecule has 0 radical (unpaired) electrons. The first-order valence-electron chi connectivity index (χ1n) is 23.2. The summed E-state index contributed by atoms with van der Waals surface area (Å²) in [7, 11) is -4.01. The van der Waals surface area contributed by atoms with Gasteiger partial charge in [0.2, 0.25) is 10.4 Å². The van der Waals surface area contributed by atoms with Gasteiger partial charge in [0.1, 0.15) is 54.9 Å². The molecule has 1 unspecified atom stereocenters. The molecule has 10 N–H and O–H groups in total. The van der Waals surface area contributed by atoms with Crippen molar-refractivity contribution in [1.82, 2.24) is 0 Å². The predicted molar refractivity (Wildman–Crippen MR) is 219 cm³/mol. The Balaban J connectivity index is 0.00000720. The van der Waals surface area contributed by atoms with Crippen molar-refractivity contribution < 1.29 is 131 Å². The second-order valence-corrected chi connectivity index (χ2v) is 21.9. The number of methoxy groups -OCH3 is 1. The molecule has 3 aliphatic heterocycles. The summed E-state index contributed by atoms with van der Waals surface area (Å²) in [4.78, 5) is 0. The van der Waals surface area contributed by atoms with Gasteiger partial charge in [0.05, 0.1) is 55.9 Å². The first-order valence-corrected chi connectivity index (χ1v) is 24.5. The molecule has 0 spiro atoms. The van der Waals surface area contributed by atoms with Crippen molar-refractivity contribution in [3.63, 3.8) is 0 Å². The van der Waals surface area contributed by atoms with E-state index in [9.17, 15) is 64.0 Å². The van der Waals surface area contributed by atoms with Crippen LogP contribution < -0.4 is 29.6 Å². The summed E-state index contributed by atoms with van der Waals surface area (Å²) >= 11 is 0. The van der Waals surface area contributed by atoms with Crippen LogP contribution in [0.15, 0.2) is 0 Å². The molecule has 25 atom stereocenters. The van der Waals surface area contributed by atoms with Gasteiger partial charge in [0.15, 0.2) is 18.9 Å². The van der Waals surface area contributed by atoms with E-state index in [-0.39, 0.29) is 66.3 Å². The van der Waals surface area contributed by atoms with E-state index >= 15 is 0 Å². The summed E-state index contributed by atoms with van der Waals surface area (Å²) in [6, 6.07) is 0. The summed E-state index contributed by atoms with van der Waals surface area (Å²) in [5.41, 5.74) is -2.74. The minimum Gasteiger partial charge on any atom is -0.726 e. The van der Waals surface area contributed by atoms with Gasteiger partial charge in [-0.15, -0.1) is 0 Å². The van der Waals surface area contributed by atoms with Gasteiger partial charge in [-0.1, -0.05) is 34.6 Å². The predicted octanol–water partition coefficient (Wildman–Crippen LogP) is -5.00. The Morgan fingerprint density at radius 3 is 2.02 bits per heavy atom. The van der Waals surface area contributed by atoms with Crippen LogP contribution in [0.5, 0.6) is 0 Å². The van der Waals surface area contributed by atoms with Gasteiger partial charge in [0.25, 0.3) is 0 Å². The summed E-state index contributed by atoms with van der Waals surface area (Å²) in [5, 5.41) is 110. The van der Waals surface area contributed by atoms with Crippen LogP contribution in [0.1, 0.15) is 86.0 Å². The average molecular weight is 981 g/mol. The Hall–Kier alpha value is 0.190. The van der Waals surface area contributed by atoms with Crippen molar-refractivity contribution in [3.05, 3.63) is 0 Å². The number of fused-ring (bicyclic) bond motifs is 5. The number of rotatable bonds is 16. The zero-order valence-corrected chi connectivity index (χ0v) is 41.7. The van der Waals surface area contributed by atoms with Gasteiger partial charge in [-0.2, -0.15) is 0 Å². The van der Waals surface area contributed by atoms with Crippen molar-refractivity contribution in [2.24, 2.45) is 46.3 Å². The maximum absolute atomic E-state index is 13.0. The van der Waals surface area contributed by atoms with Crippen LogP contribution in [0.25, 0.3) is 0 Å². The monoisotopic (exact) mass is 980 g/mol. The fourth-order valence-electron chi connectivity index (χ4n) is 13.8. The van der Waals surface area contributed by atoms with Crippen molar-refractivity contribution in [1.29, 1.82) is 0 Å². The van der Waals surface area contributed by atoms with E-state index in [0.717, 1.165) is 0 Å². The van der Waals surface area contributed by atoms with Gasteiger partial charge in [-0.25, -0.2) is 8.42 Å². The molecule has 0 amide bonds. The molecule has 23 heteroatoms. The second-order valence-electron chi connectivity index (χ2n) is 20.9. The molecule has 66 heavy (non-hydrogen) atoms. The molecule has 21 nitrogen and oxygen atoms in total. The third-order valence-corrected chi connectivity index (χ3v) is 17.4. The zero-order valence-electron chi connectivity index (χ0n) is 38.9. The van der Waals surface area contributed by atoms with E-state index in [0.29, 0.717) is 44.9 Å². The van der Waals surface area contributed by atoms with Crippen molar-refractivity contribution >= 4 is 10.4 Å². The number of ether oxygens (including phenoxy) is 7. The zero-order chi connectivity index (χ0) is 47.7. The van der Waals surface area contributed by atoms with Gasteiger partial charge in [0, 0.05) is 25.4 Å². The Labute approximate surface area is 408 Å². The molecular weight excluding hydrogens is 908 g/mol. The van der Waals surface area contributed by atoms with E-state index in [2.05, 4.69) is 13.8 Å². The van der Waals surface area contributed by atoms with Gasteiger partial charge in [-0.3, -0.25) is 4.18 Å². The van der Waals surface area contributed by atoms with Crippen LogP contribution in [0.4, 0.5) is 0 Å². The smallest absolute Gasteiger partial charge is 0.726 e. The summed E-state index contributed by atoms with van der Waals surface area (Å²) in [6.07, 6.45) is -17.9. The first-order chi connectivity index (χ1) is 30.4. The molecule has 7 aliphatic rings. The Bertz CT molecular complexity index is 1720. The number of aliphatic hydroxyl groups excluding tert-OH is 9. The van der Waals surface area contributed by atoms with Gasteiger partial charge >= 0.3 is 29.6 Å². The third kappa shape index (κ3) is 10.2. The molecule has 0 bridgehead atoms. The standard InChI is InChI=1S/C43H74O21S.Na/c1-18(2)24(59-40-36(34(27(16-45)62-40)64-65(54,55)56)63-38-33(52)32(51)26(15-44)61-38)8-7-19(3)20-13-21(46)37-41(20,4)12-10-28-42(5)11-9-25(31(50)29(42)22(47)14-43(28,37)53)60-39-35(57-6)30(49)23(48)17-58-39;/h18-40,44-53H,7-17H2,1-6H3,(H,54,55,56);/q;+1/p-1/t19-,20-,21+,22-,23-,24+,25+,26+,27+,28-,29?,30+,31+,32+,33-,34+,35-,36-,37-,38+,39+,40-,41-,42-,43+;/m1./s1. The largest absolute Gasteiger partial charge is 1.00 e. The minimum atomic E-state index is -5.38. The van der Waals surface area contributed by atoms with E-state index in [1.807, 2.05) is 20.8 Å². The molecule has 7 fully saturated rings. The van der Waals surface area contributed by atoms with Gasteiger partial charge in [-0.05, 0) is 79.4 Å². The second kappa shape index (κ2) is 21.3. The molecule has 378 valence electrons. The maximum Gasteiger partial charge on any atom is 1.00 e. The topological polar surface area (TPSA) is 333 Å². The average Bonchev–Trinajstić information content (AvgIpc) is 3.80. The number of aliphatic hydroxyl groups is 10. The van der Waals surface area contributed by atoms with Crippen molar-refractivity contribution in [2.45, 2.75) is 196 Å². The van der Waals surface area contributed by atoms with Crippen LogP contribution in [-0.4, -0.2) is 201 Å². The summed E-state index contributed by atoms with van der Waals surface area (Å²) in [5.74, 6) is -1.90. The summed E-state index contributed by atoms with van der Waals surface area (Å²) in [6.45, 7) is 8.32. The molecule has 0 aromatic heterocycles. The van der Waals surface area contributed by atoms with Crippen LogP contribution in [0.3, 0.4) is 0 Å². The maximum atomic E-state index is 13.0. The summed E-state index contributed by atoms with van der Waals surface area (Å²) < 4.78 is 81.0. The molecule has 4 aliphatic carbocycles. The molecule has 0 aromatic carbocycles. The Morgan fingerprint density at radius 2 is 1.41 bits per heavy atom. The molecule has 4 saturated carbocycles. The number of hydrogen-bond donors (Lipinski definition) is 10. The van der Waals surface area contributed by atoms with Crippen LogP contribution in [0, 0.1) is 46.3 Å². The van der Waals surface area contributed by atoms with Crippen LogP contribution >= 0.6 is 0 Å². The van der Waals surface area contributed by atoms with Crippen LogP contribution in [0.2, 0.25) is 0 Å². The molecular formula is C43H73NaO21S. The molecule has 7 rings (SSSR count). The van der Waals surface area contributed by atoms with Crippen molar-refractivity contribution in [3.8, 4) is 0 Å². The van der Waals surface area contributed by atoms with E-state index < -0.39 is 156 Å². The van der Waals surface area contributed by atoms with Crippen LogP contribution in [-0.2, 0) is 47.7 Å². The molecule has 3 saturated heterocycles. The molecule has 0 aromatic rings. The third-order valence-electron chi connectivity index (χ3n) is 16.9. The SMILES string of the molecule is CO[C@H]1[C@H](O[C@H]2CC[C@@]3(C)C([C@H](O)C[C@@]4(O)[C@@H]5[C@@H](O)C[C@H]([C@H](C)CC[C@H](O[C@@H]6O[C@@H](CO)[C@H](OS(=O)(=O)[O-])[C@H]6O[C@@H]6O[C@@H](CO)[C@H](O)[C@H]6O)C(C)C)[C@@]5(C)CC[C@@H]43)[C@H]2O)OC[C@@H](O)[C@@H]1O.[Na+]. The first kappa shape index (κ1) is 55.5. The quantitative estimate of drug-likeness (QED) is 0.0300. The van der Waals surface area contributed by atoms with Crippen molar-refractivity contribution in [2.75, 3.05) is 26.9 Å². The van der Waals surface area contributed by atoms with E-state index in [1.165, 1.54) is 7.11 Å². The number of hydrogen-bond acceptors (Lipinski definition) is 21.